The molecule has 0 bridgehead atoms. The van der Waals surface area contributed by atoms with E-state index < -0.39 is 17.6 Å². The van der Waals surface area contributed by atoms with Crippen molar-refractivity contribution in [3.05, 3.63) is 81.6 Å². The highest BCUT2D eigenvalue weighted by Gasteiger charge is 2.30. The van der Waals surface area contributed by atoms with Crippen LogP contribution in [-0.4, -0.2) is 17.6 Å². The highest BCUT2D eigenvalue weighted by Crippen LogP contribution is 2.32. The van der Waals surface area contributed by atoms with E-state index in [0.717, 1.165) is 17.8 Å². The topological polar surface area (TPSA) is 67.0 Å². The van der Waals surface area contributed by atoms with Crippen LogP contribution in [0.15, 0.2) is 54.1 Å². The Kier molecular flexibility index (Phi) is 6.84. The number of benzene rings is 2. The maximum absolute atomic E-state index is 12.9. The van der Waals surface area contributed by atoms with Gasteiger partial charge >= 0.3 is 6.18 Å². The average Bonchev–Trinajstić information content (AvgIpc) is 3.04. The summed E-state index contributed by atoms with van der Waals surface area (Å²) in [5.41, 5.74) is 1.57. The number of methoxy groups -OCH3 is 1. The van der Waals surface area contributed by atoms with E-state index in [4.69, 9.17) is 16.3 Å². The normalized spacial score (nSPS) is 11.8. The van der Waals surface area contributed by atoms with Gasteiger partial charge in [0.05, 0.1) is 18.4 Å². The van der Waals surface area contributed by atoms with Crippen molar-refractivity contribution in [2.24, 2.45) is 0 Å². The van der Waals surface area contributed by atoms with E-state index in [1.165, 1.54) is 25.3 Å². The van der Waals surface area contributed by atoms with Crippen LogP contribution >= 0.6 is 11.6 Å². The number of hydrogen-bond acceptors (Lipinski definition) is 3. The summed E-state index contributed by atoms with van der Waals surface area (Å²) in [6.45, 7) is 3.65. The van der Waals surface area contributed by atoms with Gasteiger partial charge in [0.25, 0.3) is 5.91 Å². The van der Waals surface area contributed by atoms with Crippen LogP contribution in [0.5, 0.6) is 5.75 Å². The Hall–Kier alpha value is -3.70. The SMILES string of the molecule is COc1ccc(Cl)cc1-n1c(C)cc(/C=C(/C#N)C(=O)Nc2cccc(C(F)(F)F)c2)c1C. The van der Waals surface area contributed by atoms with Crippen LogP contribution in [0.4, 0.5) is 18.9 Å². The smallest absolute Gasteiger partial charge is 0.416 e. The predicted octanol–water partition coefficient (Wildman–Crippen LogP) is 6.32. The molecular weight excluding hydrogens is 455 g/mol. The summed E-state index contributed by atoms with van der Waals surface area (Å²) in [6, 6.07) is 13.0. The summed E-state index contributed by atoms with van der Waals surface area (Å²) in [5, 5.41) is 12.4. The Morgan fingerprint density at radius 3 is 2.55 bits per heavy atom. The molecule has 0 unspecified atom stereocenters. The van der Waals surface area contributed by atoms with Crippen LogP contribution in [0.3, 0.4) is 0 Å². The van der Waals surface area contributed by atoms with Gasteiger partial charge in [-0.15, -0.1) is 0 Å². The minimum atomic E-state index is -4.55. The van der Waals surface area contributed by atoms with Gasteiger partial charge in [-0.1, -0.05) is 17.7 Å². The van der Waals surface area contributed by atoms with Crippen molar-refractivity contribution in [1.29, 1.82) is 5.26 Å². The van der Waals surface area contributed by atoms with E-state index in [1.54, 1.807) is 31.2 Å². The molecule has 5 nitrogen and oxygen atoms in total. The second kappa shape index (κ2) is 9.43. The third kappa shape index (κ3) is 5.21. The van der Waals surface area contributed by atoms with Crippen molar-refractivity contribution in [2.45, 2.75) is 20.0 Å². The second-order valence-corrected chi connectivity index (χ2v) is 7.62. The maximum atomic E-state index is 12.9. The number of nitriles is 1. The van der Waals surface area contributed by atoms with Crippen LogP contribution in [0.2, 0.25) is 5.02 Å². The number of rotatable bonds is 5. The van der Waals surface area contributed by atoms with Gasteiger partial charge in [-0.2, -0.15) is 18.4 Å². The third-order valence-corrected chi connectivity index (χ3v) is 5.20. The number of aromatic nitrogens is 1. The van der Waals surface area contributed by atoms with E-state index in [2.05, 4.69) is 5.32 Å². The molecule has 0 spiro atoms. The first-order valence-electron chi connectivity index (χ1n) is 9.68. The zero-order valence-electron chi connectivity index (χ0n) is 17.9. The fraction of sp³-hybridized carbons (Fsp3) is 0.167. The first-order valence-corrected chi connectivity index (χ1v) is 10.1. The first-order chi connectivity index (χ1) is 15.5. The van der Waals surface area contributed by atoms with E-state index in [9.17, 15) is 23.2 Å². The number of anilines is 1. The quantitative estimate of drug-likeness (QED) is 0.348. The fourth-order valence-corrected chi connectivity index (χ4v) is 3.58. The van der Waals surface area contributed by atoms with E-state index >= 15 is 0 Å². The Labute approximate surface area is 193 Å². The maximum Gasteiger partial charge on any atom is 0.416 e. The highest BCUT2D eigenvalue weighted by molar-refractivity contribution is 6.30. The van der Waals surface area contributed by atoms with Gasteiger partial charge in [-0.3, -0.25) is 4.79 Å². The third-order valence-electron chi connectivity index (χ3n) is 4.96. The molecule has 3 aromatic rings. The number of alkyl halides is 3. The first kappa shape index (κ1) is 24.0. The van der Waals surface area contributed by atoms with Crippen molar-refractivity contribution >= 4 is 29.3 Å². The Balaban J connectivity index is 1.96. The summed E-state index contributed by atoms with van der Waals surface area (Å²) in [4.78, 5) is 12.6. The monoisotopic (exact) mass is 473 g/mol. The van der Waals surface area contributed by atoms with Gasteiger partial charge in [0.1, 0.15) is 17.4 Å². The minimum Gasteiger partial charge on any atom is -0.495 e. The number of hydrogen-bond donors (Lipinski definition) is 1. The largest absolute Gasteiger partial charge is 0.495 e. The van der Waals surface area contributed by atoms with E-state index in [1.807, 2.05) is 17.6 Å². The van der Waals surface area contributed by atoms with Gasteiger partial charge in [-0.25, -0.2) is 0 Å². The molecule has 1 aromatic heterocycles. The number of ether oxygens (including phenoxy) is 1. The van der Waals surface area contributed by atoms with Gasteiger partial charge in [0.15, 0.2) is 0 Å². The van der Waals surface area contributed by atoms with Crippen molar-refractivity contribution in [3.8, 4) is 17.5 Å². The summed E-state index contributed by atoms with van der Waals surface area (Å²) >= 11 is 6.15. The van der Waals surface area contributed by atoms with Crippen LogP contribution in [0.1, 0.15) is 22.5 Å². The van der Waals surface area contributed by atoms with Crippen molar-refractivity contribution in [2.75, 3.05) is 12.4 Å². The standard InChI is InChI=1S/C24H19ClF3N3O2/c1-14-9-16(15(2)31(14)21-12-19(25)7-8-22(21)33-3)10-17(13-29)23(32)30-20-6-4-5-18(11-20)24(26,27)28/h4-12H,1-3H3,(H,30,32)/b17-10-. The summed E-state index contributed by atoms with van der Waals surface area (Å²) < 4.78 is 46.1. The van der Waals surface area contributed by atoms with Crippen molar-refractivity contribution in [1.82, 2.24) is 4.57 Å². The fourth-order valence-electron chi connectivity index (χ4n) is 3.42. The number of aryl methyl sites for hydroxylation is 1. The lowest BCUT2D eigenvalue weighted by molar-refractivity contribution is -0.137. The molecule has 33 heavy (non-hydrogen) atoms. The predicted molar refractivity (Wildman–Crippen MR) is 120 cm³/mol. The molecule has 9 heteroatoms. The molecule has 2 aromatic carbocycles. The molecule has 1 amide bonds. The number of carbonyl (C=O) groups excluding carboxylic acids is 1. The number of nitrogens with zero attached hydrogens (tertiary/aromatic N) is 2. The Bertz CT molecular complexity index is 1290. The summed E-state index contributed by atoms with van der Waals surface area (Å²) in [6.07, 6.45) is -3.16. The molecule has 170 valence electrons. The minimum absolute atomic E-state index is 0.0647. The molecule has 3 rings (SSSR count). The molecular formula is C24H19ClF3N3O2. The zero-order chi connectivity index (χ0) is 24.3. The summed E-state index contributed by atoms with van der Waals surface area (Å²) in [5.74, 6) is -0.235. The van der Waals surface area contributed by atoms with Crippen LogP contribution in [0, 0.1) is 25.2 Å². The lowest BCUT2D eigenvalue weighted by atomic mass is 10.1. The van der Waals surface area contributed by atoms with Crippen molar-refractivity contribution in [3.63, 3.8) is 0 Å². The summed E-state index contributed by atoms with van der Waals surface area (Å²) in [7, 11) is 1.54. The number of nitrogens with one attached hydrogen (secondary N) is 1. The molecule has 1 N–H and O–H groups in total. The van der Waals surface area contributed by atoms with E-state index in [-0.39, 0.29) is 11.3 Å². The number of amides is 1. The lowest BCUT2D eigenvalue weighted by Crippen LogP contribution is -2.14. The van der Waals surface area contributed by atoms with E-state index in [0.29, 0.717) is 27.7 Å². The van der Waals surface area contributed by atoms with Gasteiger partial charge in [-0.05, 0) is 68.0 Å². The zero-order valence-corrected chi connectivity index (χ0v) is 18.7. The van der Waals surface area contributed by atoms with Crippen LogP contribution < -0.4 is 10.1 Å². The molecule has 1 heterocycles. The van der Waals surface area contributed by atoms with Gasteiger partial charge < -0.3 is 14.6 Å². The highest BCUT2D eigenvalue weighted by atomic mass is 35.5. The van der Waals surface area contributed by atoms with Crippen molar-refractivity contribution < 1.29 is 22.7 Å². The molecule has 0 aliphatic heterocycles. The molecule has 0 saturated carbocycles. The average molecular weight is 474 g/mol. The lowest BCUT2D eigenvalue weighted by Gasteiger charge is -2.14. The number of halogens is 4. The molecule has 0 saturated heterocycles. The molecule has 0 aliphatic rings. The van der Waals surface area contributed by atoms with Crippen LogP contribution in [-0.2, 0) is 11.0 Å². The molecule has 0 aliphatic carbocycles. The molecule has 0 radical (unpaired) electrons. The molecule has 0 fully saturated rings. The Morgan fingerprint density at radius 1 is 1.18 bits per heavy atom. The van der Waals surface area contributed by atoms with Crippen LogP contribution in [0.25, 0.3) is 11.8 Å². The second-order valence-electron chi connectivity index (χ2n) is 7.18. The van der Waals surface area contributed by atoms with Gasteiger partial charge in [0.2, 0.25) is 0 Å². The number of carbonyl (C=O) groups is 1. The van der Waals surface area contributed by atoms with Gasteiger partial charge in [0, 0.05) is 22.1 Å². The Morgan fingerprint density at radius 2 is 1.91 bits per heavy atom. The molecule has 0 atom stereocenters.